The fourth-order valence-corrected chi connectivity index (χ4v) is 4.50. The minimum Gasteiger partial charge on any atom is -0.335 e. The van der Waals surface area contributed by atoms with Gasteiger partial charge >= 0.3 is 6.03 Å². The van der Waals surface area contributed by atoms with Gasteiger partial charge in [0.15, 0.2) is 11.6 Å². The molecule has 2 aromatic rings. The van der Waals surface area contributed by atoms with Gasteiger partial charge < -0.3 is 15.5 Å². The van der Waals surface area contributed by atoms with Crippen LogP contribution in [0.15, 0.2) is 52.7 Å². The second-order valence-corrected chi connectivity index (χ2v) is 8.81. The van der Waals surface area contributed by atoms with Crippen molar-refractivity contribution in [2.24, 2.45) is 4.99 Å². The number of halogens is 1. The highest BCUT2D eigenvalue weighted by molar-refractivity contribution is 6.11. The van der Waals surface area contributed by atoms with Crippen molar-refractivity contribution in [2.75, 3.05) is 18.4 Å². The van der Waals surface area contributed by atoms with Gasteiger partial charge in [-0.25, -0.2) is 19.2 Å². The summed E-state index contributed by atoms with van der Waals surface area (Å²) in [6.07, 6.45) is 2.10. The molecule has 1 aliphatic carbocycles. The van der Waals surface area contributed by atoms with Gasteiger partial charge in [0.2, 0.25) is 0 Å². The van der Waals surface area contributed by atoms with Crippen LogP contribution in [0.3, 0.4) is 0 Å². The first kappa shape index (κ1) is 19.7. The summed E-state index contributed by atoms with van der Waals surface area (Å²) in [5, 5.41) is 6.20. The number of amides is 2. The number of rotatable bonds is 3. The van der Waals surface area contributed by atoms with Gasteiger partial charge in [-0.15, -0.1) is 0 Å². The zero-order valence-electron chi connectivity index (χ0n) is 17.8. The molecule has 7 nitrogen and oxygen atoms in total. The van der Waals surface area contributed by atoms with Crippen LogP contribution in [0.25, 0.3) is 0 Å². The van der Waals surface area contributed by atoms with Gasteiger partial charge in [-0.05, 0) is 38.3 Å². The summed E-state index contributed by atoms with van der Waals surface area (Å²) >= 11 is 0. The highest BCUT2D eigenvalue weighted by atomic mass is 19.1. The molecule has 8 heteroatoms. The second-order valence-electron chi connectivity index (χ2n) is 8.81. The van der Waals surface area contributed by atoms with Crippen molar-refractivity contribution in [1.82, 2.24) is 20.2 Å². The second kappa shape index (κ2) is 7.14. The van der Waals surface area contributed by atoms with E-state index in [9.17, 15) is 9.18 Å². The van der Waals surface area contributed by atoms with Gasteiger partial charge in [0, 0.05) is 17.5 Å². The number of hydrogen-bond acceptors (Lipinski definition) is 5. The number of aryl methyl sites for hydroxylation is 1. The molecule has 1 fully saturated rings. The van der Waals surface area contributed by atoms with Crippen LogP contribution >= 0.6 is 0 Å². The van der Waals surface area contributed by atoms with Crippen molar-refractivity contribution in [2.45, 2.75) is 44.7 Å². The van der Waals surface area contributed by atoms with Crippen LogP contribution in [0.4, 0.5) is 15.0 Å². The standard InChI is InChI=1S/C23H25FN6O/c1-13-25-11-18(24)21(27-13)29-20-16-12-30(23(2,3)17(16)10-26-20)22(31)28-19-9-15(19)14-7-5-4-6-8-14/h4-8,11,15,19H,9-10,12H2,1-3H3,(H,28,31)(H,25,26,27,29)/t15-,19+/m0/s1. The van der Waals surface area contributed by atoms with Crippen LogP contribution in [0.2, 0.25) is 0 Å². The van der Waals surface area contributed by atoms with Gasteiger partial charge in [0.05, 0.1) is 24.8 Å². The third kappa shape index (κ3) is 3.45. The maximum absolute atomic E-state index is 14.1. The first-order chi connectivity index (χ1) is 14.8. The zero-order chi connectivity index (χ0) is 21.8. The van der Waals surface area contributed by atoms with E-state index in [0.717, 1.165) is 23.8 Å². The van der Waals surface area contributed by atoms with Gasteiger partial charge in [-0.3, -0.25) is 4.99 Å². The number of nitrogens with one attached hydrogen (secondary N) is 2. The lowest BCUT2D eigenvalue weighted by atomic mass is 9.94. The van der Waals surface area contributed by atoms with Gasteiger partial charge in [-0.1, -0.05) is 30.3 Å². The normalized spacial score (nSPS) is 23.5. The van der Waals surface area contributed by atoms with Crippen molar-refractivity contribution in [3.05, 3.63) is 64.9 Å². The Labute approximate surface area is 180 Å². The molecule has 160 valence electrons. The molecule has 3 aliphatic rings. The molecule has 0 saturated heterocycles. The first-order valence-electron chi connectivity index (χ1n) is 10.5. The number of nitrogens with zero attached hydrogens (tertiary/aromatic N) is 4. The average Bonchev–Trinajstić information content (AvgIpc) is 3.30. The number of aliphatic imine (C=N–C) groups is 1. The Morgan fingerprint density at radius 2 is 2.03 bits per heavy atom. The molecule has 5 rings (SSSR count). The molecule has 2 N–H and O–H groups in total. The number of carbonyl (C=O) groups is 1. The summed E-state index contributed by atoms with van der Waals surface area (Å²) in [5.74, 6) is 0.989. The van der Waals surface area contributed by atoms with Crippen LogP contribution in [0.5, 0.6) is 0 Å². The fourth-order valence-electron chi connectivity index (χ4n) is 4.50. The van der Waals surface area contributed by atoms with Crippen LogP contribution < -0.4 is 10.6 Å². The summed E-state index contributed by atoms with van der Waals surface area (Å²) in [6.45, 7) is 6.68. The number of carbonyl (C=O) groups excluding carboxylic acids is 1. The fraction of sp³-hybridized carbons (Fsp3) is 0.391. The summed E-state index contributed by atoms with van der Waals surface area (Å²) < 4.78 is 14.1. The lowest BCUT2D eigenvalue weighted by molar-refractivity contribution is 0.170. The first-order valence-corrected chi connectivity index (χ1v) is 10.5. The molecule has 1 aromatic carbocycles. The van der Waals surface area contributed by atoms with E-state index in [1.54, 1.807) is 6.92 Å². The minimum absolute atomic E-state index is 0.0776. The molecule has 3 heterocycles. The predicted octanol–water partition coefficient (Wildman–Crippen LogP) is 3.40. The van der Waals surface area contributed by atoms with Crippen LogP contribution in [-0.4, -0.2) is 51.4 Å². The van der Waals surface area contributed by atoms with Crippen LogP contribution in [-0.2, 0) is 0 Å². The molecule has 0 radical (unpaired) electrons. The Balaban J connectivity index is 1.28. The van der Waals surface area contributed by atoms with E-state index in [1.807, 2.05) is 36.9 Å². The van der Waals surface area contributed by atoms with Gasteiger partial charge in [-0.2, -0.15) is 0 Å². The summed E-state index contributed by atoms with van der Waals surface area (Å²) in [6, 6.07) is 10.4. The Hall–Kier alpha value is -3.29. The highest BCUT2D eigenvalue weighted by Gasteiger charge is 2.47. The Kier molecular flexibility index (Phi) is 4.53. The molecule has 0 spiro atoms. The highest BCUT2D eigenvalue weighted by Crippen LogP contribution is 2.42. The summed E-state index contributed by atoms with van der Waals surface area (Å²) in [7, 11) is 0. The molecule has 0 unspecified atom stereocenters. The monoisotopic (exact) mass is 420 g/mol. The third-order valence-electron chi connectivity index (χ3n) is 6.45. The number of urea groups is 1. The number of amidine groups is 1. The maximum Gasteiger partial charge on any atom is 0.318 e. The smallest absolute Gasteiger partial charge is 0.318 e. The van der Waals surface area contributed by atoms with Crippen molar-refractivity contribution in [3.63, 3.8) is 0 Å². The van der Waals surface area contributed by atoms with E-state index in [1.165, 1.54) is 5.56 Å². The molecular weight excluding hydrogens is 395 g/mol. The zero-order valence-corrected chi connectivity index (χ0v) is 17.8. The molecule has 1 aromatic heterocycles. The lowest BCUT2D eigenvalue weighted by Crippen LogP contribution is -2.51. The average molecular weight is 420 g/mol. The quantitative estimate of drug-likeness (QED) is 0.797. The lowest BCUT2D eigenvalue weighted by Gasteiger charge is -2.34. The van der Waals surface area contributed by atoms with Gasteiger partial charge in [0.1, 0.15) is 11.7 Å². The number of anilines is 1. The summed E-state index contributed by atoms with van der Waals surface area (Å²) in [4.78, 5) is 27.5. The van der Waals surface area contributed by atoms with Gasteiger partial charge in [0.25, 0.3) is 0 Å². The number of aromatic nitrogens is 2. The van der Waals surface area contributed by atoms with E-state index in [4.69, 9.17) is 0 Å². The van der Waals surface area contributed by atoms with Crippen molar-refractivity contribution in [1.29, 1.82) is 0 Å². The topological polar surface area (TPSA) is 82.5 Å². The third-order valence-corrected chi connectivity index (χ3v) is 6.45. The van der Waals surface area contributed by atoms with Crippen LogP contribution in [0.1, 0.15) is 37.6 Å². The van der Waals surface area contributed by atoms with Crippen molar-refractivity contribution < 1.29 is 9.18 Å². The number of benzene rings is 1. The molecular formula is C23H25FN6O. The molecule has 2 amide bonds. The van der Waals surface area contributed by atoms with E-state index >= 15 is 0 Å². The van der Waals surface area contributed by atoms with E-state index in [-0.39, 0.29) is 17.9 Å². The Morgan fingerprint density at radius 3 is 2.81 bits per heavy atom. The summed E-state index contributed by atoms with van der Waals surface area (Å²) in [5.41, 5.74) is 2.80. The molecule has 1 saturated carbocycles. The molecule has 0 bridgehead atoms. The molecule has 31 heavy (non-hydrogen) atoms. The van der Waals surface area contributed by atoms with E-state index in [2.05, 4.69) is 37.7 Å². The van der Waals surface area contributed by atoms with E-state index in [0.29, 0.717) is 30.7 Å². The van der Waals surface area contributed by atoms with Crippen molar-refractivity contribution in [3.8, 4) is 0 Å². The number of hydrogen-bond donors (Lipinski definition) is 2. The minimum atomic E-state index is -0.533. The molecule has 2 aliphatic heterocycles. The van der Waals surface area contributed by atoms with Crippen molar-refractivity contribution >= 4 is 17.7 Å². The van der Waals surface area contributed by atoms with E-state index < -0.39 is 11.4 Å². The Bertz CT molecular complexity index is 1110. The predicted molar refractivity (Wildman–Crippen MR) is 117 cm³/mol. The SMILES string of the molecule is Cc1ncc(F)c(NC2=NCC3=C2CN(C(=O)N[C@@H]2C[C@H]2c2ccccc2)C3(C)C)n1. The Morgan fingerprint density at radius 1 is 1.26 bits per heavy atom. The maximum atomic E-state index is 14.1. The van der Waals surface area contributed by atoms with Crippen LogP contribution in [0, 0.1) is 12.7 Å². The largest absolute Gasteiger partial charge is 0.335 e. The molecule has 2 atom stereocenters.